The van der Waals surface area contributed by atoms with E-state index >= 15 is 0 Å². The fourth-order valence-electron chi connectivity index (χ4n) is 1.49. The van der Waals surface area contributed by atoms with Gasteiger partial charge in [-0.05, 0) is 39.7 Å². The minimum Gasteiger partial charge on any atom is -0.378 e. The molecule has 0 fully saturated rings. The Bertz CT molecular complexity index is 510. The van der Waals surface area contributed by atoms with Crippen LogP contribution in [0.15, 0.2) is 46.9 Å². The van der Waals surface area contributed by atoms with Crippen LogP contribution in [-0.4, -0.2) is 0 Å². The van der Waals surface area contributed by atoms with Crippen molar-refractivity contribution in [3.05, 3.63) is 63.3 Å². The average molecular weight is 315 g/mol. The first kappa shape index (κ1) is 12.4. The number of anilines is 1. The Hall–Kier alpha value is -1.06. The van der Waals surface area contributed by atoms with E-state index < -0.39 is 0 Å². The lowest BCUT2D eigenvalue weighted by Gasteiger charge is -2.10. The van der Waals surface area contributed by atoms with E-state index in [-0.39, 0.29) is 5.82 Å². The van der Waals surface area contributed by atoms with Crippen LogP contribution >= 0.6 is 27.5 Å². The number of para-hydroxylation sites is 1. The van der Waals surface area contributed by atoms with Crippen molar-refractivity contribution in [2.45, 2.75) is 6.54 Å². The molecule has 2 rings (SSSR count). The van der Waals surface area contributed by atoms with Gasteiger partial charge in [0.05, 0.1) is 5.69 Å². The van der Waals surface area contributed by atoms with Crippen molar-refractivity contribution in [3.8, 4) is 0 Å². The fraction of sp³-hybridized carbons (Fsp3) is 0.0769. The van der Waals surface area contributed by atoms with E-state index in [0.717, 1.165) is 5.56 Å². The van der Waals surface area contributed by atoms with Crippen LogP contribution in [0.1, 0.15) is 5.56 Å². The molecule has 1 N–H and O–H groups in total. The maximum Gasteiger partial charge on any atom is 0.147 e. The summed E-state index contributed by atoms with van der Waals surface area (Å²) in [6, 6.07) is 12.3. The largest absolute Gasteiger partial charge is 0.378 e. The molecule has 0 aliphatic heterocycles. The third-order valence-electron chi connectivity index (χ3n) is 2.38. The number of benzene rings is 2. The van der Waals surface area contributed by atoms with E-state index in [4.69, 9.17) is 11.6 Å². The molecule has 0 bridgehead atoms. The molecule has 2 aromatic carbocycles. The van der Waals surface area contributed by atoms with Gasteiger partial charge in [0.1, 0.15) is 5.82 Å². The van der Waals surface area contributed by atoms with Crippen molar-refractivity contribution in [2.24, 2.45) is 0 Å². The van der Waals surface area contributed by atoms with Crippen molar-refractivity contribution in [1.82, 2.24) is 0 Å². The lowest BCUT2D eigenvalue weighted by Crippen LogP contribution is -2.02. The summed E-state index contributed by atoms with van der Waals surface area (Å²) in [5.41, 5.74) is 1.39. The first-order valence-electron chi connectivity index (χ1n) is 5.10. The molecule has 0 aliphatic rings. The summed E-state index contributed by atoms with van der Waals surface area (Å²) in [5, 5.41) is 3.71. The quantitative estimate of drug-likeness (QED) is 0.853. The second-order valence-electron chi connectivity index (χ2n) is 3.54. The van der Waals surface area contributed by atoms with Crippen molar-refractivity contribution >= 4 is 33.2 Å². The highest BCUT2D eigenvalue weighted by Gasteiger charge is 2.06. The number of rotatable bonds is 3. The predicted octanol–water partition coefficient (Wildman–Crippen LogP) is 4.85. The van der Waals surface area contributed by atoms with E-state index in [0.29, 0.717) is 21.7 Å². The van der Waals surface area contributed by atoms with Crippen molar-refractivity contribution in [1.29, 1.82) is 0 Å². The molecular weight excluding hydrogens is 305 g/mol. The molecule has 0 spiro atoms. The number of hydrogen-bond donors (Lipinski definition) is 1. The van der Waals surface area contributed by atoms with Crippen molar-refractivity contribution in [2.75, 3.05) is 5.32 Å². The second-order valence-corrected chi connectivity index (χ2v) is 4.80. The molecule has 17 heavy (non-hydrogen) atoms. The van der Waals surface area contributed by atoms with Gasteiger partial charge in [-0.1, -0.05) is 35.9 Å². The topological polar surface area (TPSA) is 12.0 Å². The molecule has 0 atom stereocenters. The monoisotopic (exact) mass is 313 g/mol. The maximum atomic E-state index is 13.5. The molecule has 2 aromatic rings. The molecule has 88 valence electrons. The molecular formula is C13H10BrClFN. The molecule has 0 aromatic heterocycles. The Morgan fingerprint density at radius 1 is 1.12 bits per heavy atom. The van der Waals surface area contributed by atoms with Gasteiger partial charge in [0, 0.05) is 16.0 Å². The molecule has 0 aliphatic carbocycles. The lowest BCUT2D eigenvalue weighted by molar-refractivity contribution is 0.629. The standard InChI is InChI=1S/C13H10BrClFN/c14-10-5-3-7-12(16)13(10)17-8-9-4-1-2-6-11(9)15/h1-7,17H,8H2. The first-order valence-corrected chi connectivity index (χ1v) is 6.27. The number of halogens is 3. The van der Waals surface area contributed by atoms with Gasteiger partial charge in [-0.25, -0.2) is 4.39 Å². The summed E-state index contributed by atoms with van der Waals surface area (Å²) in [4.78, 5) is 0. The summed E-state index contributed by atoms with van der Waals surface area (Å²) in [6.07, 6.45) is 0. The van der Waals surface area contributed by atoms with Gasteiger partial charge >= 0.3 is 0 Å². The Morgan fingerprint density at radius 3 is 2.59 bits per heavy atom. The Labute approximate surface area is 113 Å². The number of hydrogen-bond acceptors (Lipinski definition) is 1. The summed E-state index contributed by atoms with van der Waals surface area (Å²) < 4.78 is 14.2. The predicted molar refractivity (Wildman–Crippen MR) is 72.9 cm³/mol. The molecule has 4 heteroatoms. The summed E-state index contributed by atoms with van der Waals surface area (Å²) in [5.74, 6) is -0.286. The van der Waals surface area contributed by atoms with Crippen molar-refractivity contribution in [3.63, 3.8) is 0 Å². The normalized spacial score (nSPS) is 10.3. The lowest BCUT2D eigenvalue weighted by atomic mass is 10.2. The van der Waals surface area contributed by atoms with E-state index in [2.05, 4.69) is 21.2 Å². The van der Waals surface area contributed by atoms with Gasteiger partial charge in [-0.15, -0.1) is 0 Å². The van der Waals surface area contributed by atoms with E-state index in [1.54, 1.807) is 12.1 Å². The van der Waals surface area contributed by atoms with E-state index in [9.17, 15) is 4.39 Å². The van der Waals surface area contributed by atoms with Gasteiger partial charge < -0.3 is 5.32 Å². The highest BCUT2D eigenvalue weighted by atomic mass is 79.9. The Kier molecular flexibility index (Phi) is 4.02. The van der Waals surface area contributed by atoms with Crippen LogP contribution in [0.4, 0.5) is 10.1 Å². The zero-order chi connectivity index (χ0) is 12.3. The van der Waals surface area contributed by atoms with Crippen LogP contribution in [0, 0.1) is 5.82 Å². The molecule has 0 saturated carbocycles. The highest BCUT2D eigenvalue weighted by molar-refractivity contribution is 9.10. The smallest absolute Gasteiger partial charge is 0.147 e. The molecule has 1 nitrogen and oxygen atoms in total. The highest BCUT2D eigenvalue weighted by Crippen LogP contribution is 2.26. The molecule has 0 amide bonds. The van der Waals surface area contributed by atoms with Gasteiger partial charge in [0.2, 0.25) is 0 Å². The minimum absolute atomic E-state index is 0.286. The zero-order valence-corrected chi connectivity index (χ0v) is 11.2. The first-order chi connectivity index (χ1) is 8.18. The average Bonchev–Trinajstić information content (AvgIpc) is 2.30. The van der Waals surface area contributed by atoms with Crippen LogP contribution in [0.25, 0.3) is 0 Å². The molecule has 0 radical (unpaired) electrons. The van der Waals surface area contributed by atoms with Crippen LogP contribution < -0.4 is 5.32 Å². The third kappa shape index (κ3) is 2.99. The van der Waals surface area contributed by atoms with Crippen molar-refractivity contribution < 1.29 is 4.39 Å². The van der Waals surface area contributed by atoms with E-state index in [1.807, 2.05) is 24.3 Å². The Morgan fingerprint density at radius 2 is 1.88 bits per heavy atom. The molecule has 0 unspecified atom stereocenters. The van der Waals surface area contributed by atoms with Gasteiger partial charge in [0.25, 0.3) is 0 Å². The SMILES string of the molecule is Fc1cccc(Br)c1NCc1ccccc1Cl. The number of nitrogens with one attached hydrogen (secondary N) is 1. The summed E-state index contributed by atoms with van der Waals surface area (Å²) in [6.45, 7) is 0.485. The molecule has 0 heterocycles. The maximum absolute atomic E-state index is 13.5. The van der Waals surface area contributed by atoms with Gasteiger partial charge in [-0.3, -0.25) is 0 Å². The fourth-order valence-corrected chi connectivity index (χ4v) is 2.18. The Balaban J connectivity index is 2.16. The summed E-state index contributed by atoms with van der Waals surface area (Å²) >= 11 is 9.33. The van der Waals surface area contributed by atoms with Crippen LogP contribution in [0.5, 0.6) is 0 Å². The second kappa shape index (κ2) is 5.52. The van der Waals surface area contributed by atoms with E-state index in [1.165, 1.54) is 6.07 Å². The van der Waals surface area contributed by atoms with Crippen LogP contribution in [0.3, 0.4) is 0 Å². The minimum atomic E-state index is -0.286. The van der Waals surface area contributed by atoms with Crippen LogP contribution in [0.2, 0.25) is 5.02 Å². The zero-order valence-electron chi connectivity index (χ0n) is 8.88. The molecule has 0 saturated heterocycles. The summed E-state index contributed by atoms with van der Waals surface area (Å²) in [7, 11) is 0. The van der Waals surface area contributed by atoms with Gasteiger partial charge in [0.15, 0.2) is 0 Å². The third-order valence-corrected chi connectivity index (χ3v) is 3.41. The van der Waals surface area contributed by atoms with Gasteiger partial charge in [-0.2, -0.15) is 0 Å². The van der Waals surface area contributed by atoms with Crippen LogP contribution in [-0.2, 0) is 6.54 Å².